The number of ether oxygens (including phenoxy) is 1. The molecule has 1 aliphatic heterocycles. The highest BCUT2D eigenvalue weighted by molar-refractivity contribution is 5.81. The Hall–Kier alpha value is -3.03. The number of carbonyl (C=O) groups excluding carboxylic acids is 1. The van der Waals surface area contributed by atoms with Gasteiger partial charge in [0.2, 0.25) is 0 Å². The van der Waals surface area contributed by atoms with Gasteiger partial charge in [0, 0.05) is 32.7 Å². The van der Waals surface area contributed by atoms with Crippen LogP contribution in [0.4, 0.5) is 30.6 Å². The molecule has 6 nitrogen and oxygen atoms in total. The highest BCUT2D eigenvalue weighted by Gasteiger charge is 2.26. The molecule has 0 saturated carbocycles. The summed E-state index contributed by atoms with van der Waals surface area (Å²) in [5.74, 6) is -1.75. The lowest BCUT2D eigenvalue weighted by molar-refractivity contribution is 0.0240. The van der Waals surface area contributed by atoms with Gasteiger partial charge >= 0.3 is 6.09 Å². The number of halogens is 2. The SMILES string of the molecule is CC(C)(C)OC(=O)N1CCN(c2cccc(NCc3ccc(F)c(F)c3)c2N)CC1. The van der Waals surface area contributed by atoms with E-state index in [9.17, 15) is 13.6 Å². The van der Waals surface area contributed by atoms with E-state index in [1.54, 1.807) is 4.90 Å². The average molecular weight is 418 g/mol. The van der Waals surface area contributed by atoms with Gasteiger partial charge in [-0.05, 0) is 50.6 Å². The molecule has 3 rings (SSSR count). The summed E-state index contributed by atoms with van der Waals surface area (Å²) in [5.41, 5.74) is 8.62. The topological polar surface area (TPSA) is 70.8 Å². The summed E-state index contributed by atoms with van der Waals surface area (Å²) in [6.07, 6.45) is -0.308. The van der Waals surface area contributed by atoms with Crippen LogP contribution >= 0.6 is 0 Å². The number of nitrogens with two attached hydrogens (primary N) is 1. The van der Waals surface area contributed by atoms with Crippen molar-refractivity contribution < 1.29 is 18.3 Å². The number of benzene rings is 2. The molecule has 0 aromatic heterocycles. The number of rotatable bonds is 4. The third kappa shape index (κ3) is 5.31. The van der Waals surface area contributed by atoms with Crippen molar-refractivity contribution in [2.45, 2.75) is 32.9 Å². The van der Waals surface area contributed by atoms with E-state index in [1.807, 2.05) is 39.0 Å². The molecule has 0 spiro atoms. The maximum Gasteiger partial charge on any atom is 0.410 e. The molecular weight excluding hydrogens is 390 g/mol. The summed E-state index contributed by atoms with van der Waals surface area (Å²) in [5, 5.41) is 3.18. The second-order valence-electron chi connectivity index (χ2n) is 8.29. The van der Waals surface area contributed by atoms with Gasteiger partial charge in [0.15, 0.2) is 11.6 Å². The molecule has 1 aliphatic rings. The number of carbonyl (C=O) groups is 1. The number of anilines is 3. The first-order chi connectivity index (χ1) is 14.1. The molecule has 0 unspecified atom stereocenters. The zero-order valence-electron chi connectivity index (χ0n) is 17.5. The fraction of sp³-hybridized carbons (Fsp3) is 0.409. The van der Waals surface area contributed by atoms with Gasteiger partial charge < -0.3 is 25.6 Å². The molecule has 0 bridgehead atoms. The average Bonchev–Trinajstić information content (AvgIpc) is 2.68. The number of piperazine rings is 1. The number of hydrogen-bond donors (Lipinski definition) is 2. The predicted octanol–water partition coefficient (Wildman–Crippen LogP) is 4.22. The second kappa shape index (κ2) is 8.77. The van der Waals surface area contributed by atoms with E-state index in [2.05, 4.69) is 10.2 Å². The molecule has 1 amide bonds. The maximum absolute atomic E-state index is 13.4. The standard InChI is InChI=1S/C22H28F2N4O2/c1-22(2,3)30-21(29)28-11-9-27(10-12-28)19-6-4-5-18(20(19)25)26-14-15-7-8-16(23)17(24)13-15/h4-8,13,26H,9-12,14,25H2,1-3H3. The van der Waals surface area contributed by atoms with Crippen molar-refractivity contribution in [1.29, 1.82) is 0 Å². The predicted molar refractivity (Wildman–Crippen MR) is 115 cm³/mol. The molecule has 2 aromatic carbocycles. The van der Waals surface area contributed by atoms with Crippen LogP contribution in [0.15, 0.2) is 36.4 Å². The Morgan fingerprint density at radius 1 is 1.10 bits per heavy atom. The van der Waals surface area contributed by atoms with Crippen molar-refractivity contribution in [1.82, 2.24) is 4.90 Å². The second-order valence-corrected chi connectivity index (χ2v) is 8.29. The van der Waals surface area contributed by atoms with Crippen LogP contribution in [0.25, 0.3) is 0 Å². The summed E-state index contributed by atoms with van der Waals surface area (Å²) in [6.45, 7) is 8.22. The molecule has 8 heteroatoms. The van der Waals surface area contributed by atoms with E-state index < -0.39 is 17.2 Å². The van der Waals surface area contributed by atoms with Crippen LogP contribution in [0.1, 0.15) is 26.3 Å². The van der Waals surface area contributed by atoms with Crippen molar-refractivity contribution in [3.8, 4) is 0 Å². The van der Waals surface area contributed by atoms with E-state index in [-0.39, 0.29) is 6.09 Å². The summed E-state index contributed by atoms with van der Waals surface area (Å²) in [6, 6.07) is 9.46. The summed E-state index contributed by atoms with van der Waals surface area (Å²) < 4.78 is 31.9. The molecule has 30 heavy (non-hydrogen) atoms. The minimum Gasteiger partial charge on any atom is -0.444 e. The fourth-order valence-electron chi connectivity index (χ4n) is 3.29. The Morgan fingerprint density at radius 3 is 2.43 bits per heavy atom. The normalized spacial score (nSPS) is 14.6. The van der Waals surface area contributed by atoms with Crippen molar-refractivity contribution in [2.75, 3.05) is 42.1 Å². The van der Waals surface area contributed by atoms with Gasteiger partial charge in [-0.3, -0.25) is 0 Å². The Morgan fingerprint density at radius 2 is 1.80 bits per heavy atom. The Balaban J connectivity index is 1.62. The van der Waals surface area contributed by atoms with Gasteiger partial charge in [0.25, 0.3) is 0 Å². The van der Waals surface area contributed by atoms with Gasteiger partial charge in [-0.1, -0.05) is 12.1 Å². The van der Waals surface area contributed by atoms with Gasteiger partial charge in [-0.15, -0.1) is 0 Å². The van der Waals surface area contributed by atoms with Crippen molar-refractivity contribution in [3.63, 3.8) is 0 Å². The molecule has 0 aliphatic carbocycles. The van der Waals surface area contributed by atoms with E-state index in [4.69, 9.17) is 10.5 Å². The molecular formula is C22H28F2N4O2. The zero-order valence-corrected chi connectivity index (χ0v) is 17.5. The quantitative estimate of drug-likeness (QED) is 0.728. The van der Waals surface area contributed by atoms with Gasteiger partial charge in [-0.2, -0.15) is 0 Å². The van der Waals surface area contributed by atoms with Crippen LogP contribution in [-0.4, -0.2) is 42.8 Å². The van der Waals surface area contributed by atoms with E-state index in [0.29, 0.717) is 49.7 Å². The largest absolute Gasteiger partial charge is 0.444 e. The van der Waals surface area contributed by atoms with Crippen LogP contribution < -0.4 is 16.0 Å². The van der Waals surface area contributed by atoms with Crippen molar-refractivity contribution in [2.24, 2.45) is 0 Å². The number of para-hydroxylation sites is 1. The van der Waals surface area contributed by atoms with E-state index >= 15 is 0 Å². The first kappa shape index (κ1) is 21.7. The van der Waals surface area contributed by atoms with Crippen molar-refractivity contribution >= 4 is 23.2 Å². The molecule has 0 radical (unpaired) electrons. The first-order valence-corrected chi connectivity index (χ1v) is 9.93. The number of nitrogen functional groups attached to an aromatic ring is 1. The Bertz CT molecular complexity index is 906. The number of nitrogens with one attached hydrogen (secondary N) is 1. The monoisotopic (exact) mass is 418 g/mol. The Kier molecular flexibility index (Phi) is 6.34. The van der Waals surface area contributed by atoms with Crippen LogP contribution in [0.2, 0.25) is 0 Å². The highest BCUT2D eigenvalue weighted by Crippen LogP contribution is 2.31. The lowest BCUT2D eigenvalue weighted by Crippen LogP contribution is -2.50. The number of nitrogens with zero attached hydrogens (tertiary/aromatic N) is 2. The molecule has 162 valence electrons. The lowest BCUT2D eigenvalue weighted by Gasteiger charge is -2.37. The molecule has 1 heterocycles. The van der Waals surface area contributed by atoms with Crippen LogP contribution in [0, 0.1) is 11.6 Å². The first-order valence-electron chi connectivity index (χ1n) is 9.93. The lowest BCUT2D eigenvalue weighted by atomic mass is 10.1. The minimum absolute atomic E-state index is 0.308. The van der Waals surface area contributed by atoms with Crippen LogP contribution in [-0.2, 0) is 11.3 Å². The molecule has 3 N–H and O–H groups in total. The minimum atomic E-state index is -0.876. The summed E-state index contributed by atoms with van der Waals surface area (Å²) >= 11 is 0. The maximum atomic E-state index is 13.4. The highest BCUT2D eigenvalue weighted by atomic mass is 19.2. The van der Waals surface area contributed by atoms with Gasteiger partial charge in [0.05, 0.1) is 17.1 Å². The molecule has 0 atom stereocenters. The number of amides is 1. The third-order valence-corrected chi connectivity index (χ3v) is 4.82. The van der Waals surface area contributed by atoms with E-state index in [1.165, 1.54) is 6.07 Å². The zero-order chi connectivity index (χ0) is 21.9. The van der Waals surface area contributed by atoms with Crippen LogP contribution in [0.3, 0.4) is 0 Å². The molecule has 2 aromatic rings. The van der Waals surface area contributed by atoms with Gasteiger partial charge in [0.1, 0.15) is 5.60 Å². The molecule has 1 saturated heterocycles. The fourth-order valence-corrected chi connectivity index (χ4v) is 3.29. The van der Waals surface area contributed by atoms with Crippen molar-refractivity contribution in [3.05, 3.63) is 53.6 Å². The van der Waals surface area contributed by atoms with Gasteiger partial charge in [-0.25, -0.2) is 13.6 Å². The Labute approximate surface area is 175 Å². The summed E-state index contributed by atoms with van der Waals surface area (Å²) in [7, 11) is 0. The molecule has 1 fully saturated rings. The van der Waals surface area contributed by atoms with E-state index in [0.717, 1.165) is 17.8 Å². The third-order valence-electron chi connectivity index (χ3n) is 4.82. The summed E-state index contributed by atoms with van der Waals surface area (Å²) in [4.78, 5) is 16.1. The number of hydrogen-bond acceptors (Lipinski definition) is 5. The van der Waals surface area contributed by atoms with Crippen LogP contribution in [0.5, 0.6) is 0 Å². The smallest absolute Gasteiger partial charge is 0.410 e.